The predicted octanol–water partition coefficient (Wildman–Crippen LogP) is 0.192. The molecule has 7 nitrogen and oxygen atoms in total. The number of hydrogen-bond donors (Lipinski definition) is 5. The van der Waals surface area contributed by atoms with Gasteiger partial charge in [0.1, 0.15) is 0 Å². The van der Waals surface area contributed by atoms with Crippen molar-refractivity contribution in [2.24, 2.45) is 16.6 Å². The summed E-state index contributed by atoms with van der Waals surface area (Å²) < 4.78 is 0. The highest BCUT2D eigenvalue weighted by molar-refractivity contribution is 6.31. The van der Waals surface area contributed by atoms with E-state index in [1.807, 2.05) is 0 Å². The Kier molecular flexibility index (Phi) is 5.91. The van der Waals surface area contributed by atoms with Crippen molar-refractivity contribution in [2.75, 3.05) is 13.1 Å². The molecule has 2 amide bonds. The molecule has 0 fully saturated rings. The quantitative estimate of drug-likeness (QED) is 0.168. The molecule has 0 atom stereocenters. The number of benzene rings is 1. The molecule has 1 rings (SSSR count). The number of halogens is 1. The van der Waals surface area contributed by atoms with Gasteiger partial charge >= 0.3 is 6.03 Å². The zero-order valence-electron chi connectivity index (χ0n) is 10.2. The monoisotopic (exact) mass is 285 g/mol. The van der Waals surface area contributed by atoms with E-state index in [2.05, 4.69) is 15.8 Å². The Balaban J connectivity index is 2.49. The minimum Gasteiger partial charge on any atom is -0.409 e. The Morgan fingerprint density at radius 1 is 1.37 bits per heavy atom. The van der Waals surface area contributed by atoms with Crippen molar-refractivity contribution in [3.63, 3.8) is 0 Å². The maximum atomic E-state index is 10.4. The summed E-state index contributed by atoms with van der Waals surface area (Å²) in [5.74, 6) is 0.00654. The van der Waals surface area contributed by atoms with Crippen molar-refractivity contribution in [1.29, 1.82) is 0 Å². The highest BCUT2D eigenvalue weighted by Gasteiger charge is 2.04. The topological polar surface area (TPSA) is 126 Å². The molecule has 8 heteroatoms. The molecule has 0 aliphatic heterocycles. The highest BCUT2D eigenvalue weighted by Crippen LogP contribution is 2.17. The van der Waals surface area contributed by atoms with E-state index < -0.39 is 6.03 Å². The van der Waals surface area contributed by atoms with E-state index in [4.69, 9.17) is 28.3 Å². The van der Waals surface area contributed by atoms with Crippen LogP contribution in [-0.4, -0.2) is 30.2 Å². The number of nitrogens with zero attached hydrogens (tertiary/aromatic N) is 1. The molecular formula is C11H16ClN5O2. The number of rotatable bonds is 6. The van der Waals surface area contributed by atoms with Crippen LogP contribution in [0.1, 0.15) is 11.1 Å². The standard InChI is InChI=1S/C11H16ClN5O2/c12-9-5-7(10(13)17-19)1-2-8(9)6-15-3-4-16-11(14)18/h1-2,5,15,19H,3-4,6H2,(H2,13,17)(H3,14,16,18). The first-order valence-electron chi connectivity index (χ1n) is 5.55. The molecule has 0 unspecified atom stereocenters. The molecule has 0 aromatic heterocycles. The molecule has 0 saturated carbocycles. The van der Waals surface area contributed by atoms with E-state index in [0.29, 0.717) is 30.2 Å². The second-order valence-corrected chi connectivity index (χ2v) is 4.17. The molecule has 0 aliphatic carbocycles. The lowest BCUT2D eigenvalue weighted by molar-refractivity contribution is 0.249. The fourth-order valence-corrected chi connectivity index (χ4v) is 1.65. The molecule has 0 saturated heterocycles. The van der Waals surface area contributed by atoms with E-state index in [9.17, 15) is 4.79 Å². The summed E-state index contributed by atoms with van der Waals surface area (Å²) in [5, 5.41) is 17.5. The number of carbonyl (C=O) groups is 1. The van der Waals surface area contributed by atoms with Crippen molar-refractivity contribution in [3.05, 3.63) is 34.3 Å². The fourth-order valence-electron chi connectivity index (χ4n) is 1.40. The van der Waals surface area contributed by atoms with Gasteiger partial charge in [0.25, 0.3) is 0 Å². The van der Waals surface area contributed by atoms with E-state index in [1.54, 1.807) is 18.2 Å². The molecule has 7 N–H and O–H groups in total. The lowest BCUT2D eigenvalue weighted by atomic mass is 10.1. The lowest BCUT2D eigenvalue weighted by Crippen LogP contribution is -2.35. The Morgan fingerprint density at radius 3 is 2.68 bits per heavy atom. The van der Waals surface area contributed by atoms with Gasteiger partial charge < -0.3 is 27.3 Å². The summed E-state index contributed by atoms with van der Waals surface area (Å²) in [6.07, 6.45) is 0. The normalized spacial score (nSPS) is 11.3. The predicted molar refractivity (Wildman–Crippen MR) is 73.3 cm³/mol. The second-order valence-electron chi connectivity index (χ2n) is 3.76. The number of nitrogens with two attached hydrogens (primary N) is 2. The van der Waals surface area contributed by atoms with Gasteiger partial charge in [0.2, 0.25) is 0 Å². The summed E-state index contributed by atoms with van der Waals surface area (Å²) in [7, 11) is 0. The van der Waals surface area contributed by atoms with Crippen LogP contribution in [0.5, 0.6) is 0 Å². The maximum Gasteiger partial charge on any atom is 0.312 e. The van der Waals surface area contributed by atoms with Gasteiger partial charge in [-0.25, -0.2) is 4.79 Å². The van der Waals surface area contributed by atoms with E-state index in [-0.39, 0.29) is 5.84 Å². The average Bonchev–Trinajstić information content (AvgIpc) is 2.38. The van der Waals surface area contributed by atoms with Crippen molar-refractivity contribution in [2.45, 2.75) is 6.54 Å². The van der Waals surface area contributed by atoms with Crippen molar-refractivity contribution in [1.82, 2.24) is 10.6 Å². The Morgan fingerprint density at radius 2 is 2.11 bits per heavy atom. The average molecular weight is 286 g/mol. The van der Waals surface area contributed by atoms with Crippen molar-refractivity contribution < 1.29 is 10.0 Å². The third-order valence-electron chi connectivity index (χ3n) is 2.37. The van der Waals surface area contributed by atoms with Crippen LogP contribution in [0.25, 0.3) is 0 Å². The van der Waals surface area contributed by atoms with Gasteiger partial charge in [-0.1, -0.05) is 28.9 Å². The van der Waals surface area contributed by atoms with Gasteiger partial charge in [0.05, 0.1) is 0 Å². The number of oxime groups is 1. The molecule has 1 aromatic carbocycles. The second kappa shape index (κ2) is 7.45. The van der Waals surface area contributed by atoms with Gasteiger partial charge in [0, 0.05) is 30.2 Å². The van der Waals surface area contributed by atoms with Gasteiger partial charge in [-0.05, 0) is 11.6 Å². The summed E-state index contributed by atoms with van der Waals surface area (Å²) in [4.78, 5) is 10.4. The van der Waals surface area contributed by atoms with E-state index in [0.717, 1.165) is 5.56 Å². The van der Waals surface area contributed by atoms with Crippen LogP contribution in [-0.2, 0) is 6.54 Å². The number of hydrogen-bond acceptors (Lipinski definition) is 4. The Hall–Kier alpha value is -1.99. The summed E-state index contributed by atoms with van der Waals surface area (Å²) in [6.45, 7) is 1.55. The van der Waals surface area contributed by atoms with Crippen LogP contribution >= 0.6 is 11.6 Å². The number of nitrogens with one attached hydrogen (secondary N) is 2. The van der Waals surface area contributed by atoms with E-state index >= 15 is 0 Å². The number of amides is 2. The summed E-state index contributed by atoms with van der Waals surface area (Å²) in [5.41, 5.74) is 11.8. The van der Waals surface area contributed by atoms with Crippen molar-refractivity contribution >= 4 is 23.5 Å². The molecule has 0 spiro atoms. The first-order chi connectivity index (χ1) is 9.04. The maximum absolute atomic E-state index is 10.4. The number of urea groups is 1. The molecule has 1 aromatic rings. The van der Waals surface area contributed by atoms with E-state index in [1.165, 1.54) is 0 Å². The van der Waals surface area contributed by atoms with Crippen LogP contribution in [0.4, 0.5) is 4.79 Å². The molecule has 0 aliphatic rings. The Bertz CT molecular complexity index is 478. The van der Waals surface area contributed by atoms with Crippen LogP contribution in [0.2, 0.25) is 5.02 Å². The van der Waals surface area contributed by atoms with Crippen LogP contribution in [0, 0.1) is 0 Å². The first-order valence-corrected chi connectivity index (χ1v) is 5.92. The van der Waals surface area contributed by atoms with Crippen LogP contribution < -0.4 is 22.1 Å². The van der Waals surface area contributed by atoms with Gasteiger partial charge in [-0.2, -0.15) is 0 Å². The third kappa shape index (κ3) is 5.02. The van der Waals surface area contributed by atoms with Crippen LogP contribution in [0.3, 0.4) is 0 Å². The van der Waals surface area contributed by atoms with Gasteiger partial charge in [-0.15, -0.1) is 0 Å². The highest BCUT2D eigenvalue weighted by atomic mass is 35.5. The molecule has 0 heterocycles. The van der Waals surface area contributed by atoms with Gasteiger partial charge in [-0.3, -0.25) is 0 Å². The molecule has 19 heavy (non-hydrogen) atoms. The van der Waals surface area contributed by atoms with Gasteiger partial charge in [0.15, 0.2) is 5.84 Å². The SMILES string of the molecule is NC(=O)NCCNCc1ccc(/C(N)=N/O)cc1Cl. The smallest absolute Gasteiger partial charge is 0.312 e. The van der Waals surface area contributed by atoms with Crippen LogP contribution in [0.15, 0.2) is 23.4 Å². The molecule has 0 radical (unpaired) electrons. The fraction of sp³-hybridized carbons (Fsp3) is 0.273. The molecule has 104 valence electrons. The lowest BCUT2D eigenvalue weighted by Gasteiger charge is -2.08. The minimum absolute atomic E-state index is 0.00654. The first kappa shape index (κ1) is 15.1. The number of amidine groups is 1. The molecular weight excluding hydrogens is 270 g/mol. The zero-order chi connectivity index (χ0) is 14.3. The zero-order valence-corrected chi connectivity index (χ0v) is 10.9. The largest absolute Gasteiger partial charge is 0.409 e. The number of carbonyl (C=O) groups excluding carboxylic acids is 1. The Labute approximate surface area is 115 Å². The minimum atomic E-state index is -0.553. The molecule has 0 bridgehead atoms. The summed E-state index contributed by atoms with van der Waals surface area (Å²) >= 11 is 6.07. The third-order valence-corrected chi connectivity index (χ3v) is 2.72. The summed E-state index contributed by atoms with van der Waals surface area (Å²) in [6, 6.07) is 4.56. The van der Waals surface area contributed by atoms with Crippen molar-refractivity contribution in [3.8, 4) is 0 Å². The number of primary amides is 1.